The van der Waals surface area contributed by atoms with E-state index < -0.39 is 0 Å². The van der Waals surface area contributed by atoms with Crippen LogP contribution in [0, 0.1) is 3.57 Å². The molecule has 0 saturated carbocycles. The molecule has 0 saturated heterocycles. The van der Waals surface area contributed by atoms with Crippen LogP contribution in [0.4, 0.5) is 0 Å². The summed E-state index contributed by atoms with van der Waals surface area (Å²) in [7, 11) is 0. The van der Waals surface area contributed by atoms with E-state index in [0.29, 0.717) is 30.3 Å². The largest absolute Gasteiger partial charge is 0.490 e. The van der Waals surface area contributed by atoms with Crippen LogP contribution in [0.3, 0.4) is 0 Å². The van der Waals surface area contributed by atoms with Gasteiger partial charge in [-0.1, -0.05) is 54.6 Å². The molecule has 7 heteroatoms. The van der Waals surface area contributed by atoms with Crippen LogP contribution < -0.4 is 14.9 Å². The molecule has 0 aliphatic rings. The fourth-order valence-corrected chi connectivity index (χ4v) is 5.03. The maximum atomic E-state index is 12.9. The predicted molar refractivity (Wildman–Crippen MR) is 159 cm³/mol. The van der Waals surface area contributed by atoms with E-state index in [4.69, 9.17) is 9.47 Å². The quantitative estimate of drug-likeness (QED) is 0.111. The van der Waals surface area contributed by atoms with Crippen LogP contribution in [-0.4, -0.2) is 23.3 Å². The topological polar surface area (TPSA) is 64.8 Å². The summed E-state index contributed by atoms with van der Waals surface area (Å²) in [5.74, 6) is 1.02. The van der Waals surface area contributed by atoms with Crippen molar-refractivity contribution >= 4 is 45.5 Å². The number of benzene rings is 4. The van der Waals surface area contributed by atoms with Crippen LogP contribution in [0.15, 0.2) is 108 Å². The Morgan fingerprint density at radius 3 is 2.55 bits per heavy atom. The van der Waals surface area contributed by atoms with Gasteiger partial charge in [0.15, 0.2) is 11.5 Å². The van der Waals surface area contributed by atoms with E-state index in [1.807, 2.05) is 84.5 Å². The van der Waals surface area contributed by atoms with Gasteiger partial charge in [-0.2, -0.15) is 5.10 Å². The first-order valence-corrected chi connectivity index (χ1v) is 13.3. The first kappa shape index (κ1) is 25.5. The number of hydrogen-bond acceptors (Lipinski definition) is 4. The zero-order valence-corrected chi connectivity index (χ0v) is 23.0. The highest BCUT2D eigenvalue weighted by molar-refractivity contribution is 14.1. The average Bonchev–Trinajstić information content (AvgIpc) is 3.48. The highest BCUT2D eigenvalue weighted by Gasteiger charge is 2.14. The van der Waals surface area contributed by atoms with Gasteiger partial charge in [0.25, 0.3) is 5.91 Å². The fourth-order valence-electron chi connectivity index (χ4n) is 4.25. The molecule has 4 aromatic carbocycles. The summed E-state index contributed by atoms with van der Waals surface area (Å²) < 4.78 is 15.0. The Morgan fingerprint density at radius 2 is 1.71 bits per heavy atom. The Morgan fingerprint density at radius 1 is 0.947 bits per heavy atom. The van der Waals surface area contributed by atoms with Gasteiger partial charge in [0.1, 0.15) is 6.61 Å². The molecule has 5 aromatic rings. The lowest BCUT2D eigenvalue weighted by atomic mass is 10.1. The minimum atomic E-state index is -0.291. The Bertz CT molecular complexity index is 1590. The van der Waals surface area contributed by atoms with Crippen molar-refractivity contribution in [2.75, 3.05) is 6.61 Å². The number of nitrogens with one attached hydrogen (secondary N) is 1. The van der Waals surface area contributed by atoms with Crippen molar-refractivity contribution in [1.29, 1.82) is 0 Å². The SMILES string of the molecule is CCOc1cc(C=NNC(=O)c2ccccc2-n2cccc2)cc(I)c1OCc1cccc2ccccc12. The molecular formula is C31H26IN3O3. The number of amides is 1. The average molecular weight is 615 g/mol. The van der Waals surface area contributed by atoms with Crippen LogP contribution in [0.25, 0.3) is 16.5 Å². The summed E-state index contributed by atoms with van der Waals surface area (Å²) in [6.45, 7) is 2.85. The van der Waals surface area contributed by atoms with E-state index in [1.54, 1.807) is 12.3 Å². The number of ether oxygens (including phenoxy) is 2. The van der Waals surface area contributed by atoms with Gasteiger partial charge in [-0.3, -0.25) is 4.79 Å². The fraction of sp³-hybridized carbons (Fsp3) is 0.0968. The van der Waals surface area contributed by atoms with E-state index in [-0.39, 0.29) is 5.91 Å². The minimum absolute atomic E-state index is 0.291. The highest BCUT2D eigenvalue weighted by atomic mass is 127. The third-order valence-electron chi connectivity index (χ3n) is 5.99. The second-order valence-corrected chi connectivity index (χ2v) is 9.66. The maximum absolute atomic E-state index is 12.9. The first-order chi connectivity index (χ1) is 18.6. The van der Waals surface area contributed by atoms with Crippen LogP contribution in [-0.2, 0) is 6.61 Å². The van der Waals surface area contributed by atoms with Crippen LogP contribution in [0.2, 0.25) is 0 Å². The van der Waals surface area contributed by atoms with Crippen molar-refractivity contribution in [2.45, 2.75) is 13.5 Å². The lowest BCUT2D eigenvalue weighted by Gasteiger charge is -2.15. The standard InChI is InChI=1S/C31H26IN3O3/c1-2-37-29-19-22(20-33-34-31(36)26-14-5-6-15-28(26)35-16-7-8-17-35)18-27(32)30(29)38-21-24-12-9-11-23-10-3-4-13-25(23)24/h3-20H,2,21H2,1H3,(H,34,36). The third-order valence-corrected chi connectivity index (χ3v) is 6.80. The van der Waals surface area contributed by atoms with Gasteiger partial charge in [-0.25, -0.2) is 5.43 Å². The number of para-hydroxylation sites is 1. The van der Waals surface area contributed by atoms with Crippen molar-refractivity contribution in [3.63, 3.8) is 0 Å². The van der Waals surface area contributed by atoms with Crippen LogP contribution >= 0.6 is 22.6 Å². The Kier molecular flexibility index (Phi) is 8.04. The molecule has 0 radical (unpaired) electrons. The van der Waals surface area contributed by atoms with Crippen LogP contribution in [0.5, 0.6) is 11.5 Å². The van der Waals surface area contributed by atoms with Gasteiger partial charge >= 0.3 is 0 Å². The number of halogens is 1. The summed E-state index contributed by atoms with van der Waals surface area (Å²) in [6.07, 6.45) is 5.41. The lowest BCUT2D eigenvalue weighted by molar-refractivity contribution is 0.0955. The maximum Gasteiger partial charge on any atom is 0.273 e. The number of fused-ring (bicyclic) bond motifs is 1. The zero-order chi connectivity index (χ0) is 26.3. The van der Waals surface area contributed by atoms with E-state index in [1.165, 1.54) is 10.8 Å². The monoisotopic (exact) mass is 615 g/mol. The van der Waals surface area contributed by atoms with Crippen molar-refractivity contribution in [1.82, 2.24) is 9.99 Å². The molecule has 38 heavy (non-hydrogen) atoms. The van der Waals surface area contributed by atoms with E-state index >= 15 is 0 Å². The summed E-state index contributed by atoms with van der Waals surface area (Å²) in [6, 6.07) is 29.5. The molecule has 5 rings (SSSR count). The molecule has 0 aliphatic heterocycles. The molecule has 0 aliphatic carbocycles. The summed E-state index contributed by atoms with van der Waals surface area (Å²) in [5.41, 5.74) is 5.85. The second-order valence-electron chi connectivity index (χ2n) is 8.50. The molecule has 190 valence electrons. The molecule has 1 aromatic heterocycles. The van der Waals surface area contributed by atoms with Gasteiger partial charge < -0.3 is 14.0 Å². The second kappa shape index (κ2) is 12.0. The summed E-state index contributed by atoms with van der Waals surface area (Å²) in [5, 5.41) is 6.55. The number of hydrogen-bond donors (Lipinski definition) is 1. The first-order valence-electron chi connectivity index (χ1n) is 12.3. The van der Waals surface area contributed by atoms with Gasteiger partial charge in [0.2, 0.25) is 0 Å². The molecule has 1 N–H and O–H groups in total. The molecule has 0 spiro atoms. The van der Waals surface area contributed by atoms with E-state index in [9.17, 15) is 4.79 Å². The lowest BCUT2D eigenvalue weighted by Crippen LogP contribution is -2.19. The van der Waals surface area contributed by atoms with Gasteiger partial charge in [0, 0.05) is 12.4 Å². The predicted octanol–water partition coefficient (Wildman–Crippen LogP) is 6.98. The number of rotatable bonds is 9. The van der Waals surface area contributed by atoms with Gasteiger partial charge in [0.05, 0.1) is 27.6 Å². The molecule has 0 bridgehead atoms. The Hall–Kier alpha value is -4.11. The third kappa shape index (κ3) is 5.73. The number of nitrogens with zero attached hydrogens (tertiary/aromatic N) is 2. The number of carbonyl (C=O) groups is 1. The molecule has 1 amide bonds. The molecule has 0 atom stereocenters. The van der Waals surface area contributed by atoms with Crippen LogP contribution in [0.1, 0.15) is 28.4 Å². The Labute approximate surface area is 235 Å². The highest BCUT2D eigenvalue weighted by Crippen LogP contribution is 2.35. The molecule has 0 unspecified atom stereocenters. The molecule has 1 heterocycles. The van der Waals surface area contributed by atoms with Crippen molar-refractivity contribution in [2.24, 2.45) is 5.10 Å². The van der Waals surface area contributed by atoms with Crippen molar-refractivity contribution < 1.29 is 14.3 Å². The number of carbonyl (C=O) groups excluding carboxylic acids is 1. The zero-order valence-electron chi connectivity index (χ0n) is 20.8. The number of hydrazone groups is 1. The van der Waals surface area contributed by atoms with Crippen molar-refractivity contribution in [3.05, 3.63) is 124 Å². The minimum Gasteiger partial charge on any atom is -0.490 e. The molecular weight excluding hydrogens is 589 g/mol. The van der Waals surface area contributed by atoms with E-state index in [2.05, 4.69) is 57.4 Å². The number of aromatic nitrogens is 1. The van der Waals surface area contributed by atoms with Gasteiger partial charge in [-0.05, 0) is 87.8 Å². The van der Waals surface area contributed by atoms with Crippen molar-refractivity contribution in [3.8, 4) is 17.2 Å². The molecule has 0 fully saturated rings. The smallest absolute Gasteiger partial charge is 0.273 e. The normalized spacial score (nSPS) is 11.1. The summed E-state index contributed by atoms with van der Waals surface area (Å²) in [4.78, 5) is 12.9. The van der Waals surface area contributed by atoms with E-state index in [0.717, 1.165) is 20.4 Å². The Balaban J connectivity index is 1.32. The van der Waals surface area contributed by atoms with Gasteiger partial charge in [-0.15, -0.1) is 0 Å². The molecule has 6 nitrogen and oxygen atoms in total. The summed E-state index contributed by atoms with van der Waals surface area (Å²) >= 11 is 2.24.